The van der Waals surface area contributed by atoms with Gasteiger partial charge in [-0.1, -0.05) is 104 Å². The minimum absolute atomic E-state index is 0.00687. The third kappa shape index (κ3) is 6.41. The molecule has 4 heteroatoms. The summed E-state index contributed by atoms with van der Waals surface area (Å²) < 4.78 is 11.6. The van der Waals surface area contributed by atoms with E-state index in [9.17, 15) is 9.90 Å². The van der Waals surface area contributed by atoms with Gasteiger partial charge in [0.15, 0.2) is 0 Å². The number of carbonyl (C=O) groups is 1. The number of carbonyl (C=O) groups excluding carboxylic acids is 1. The van der Waals surface area contributed by atoms with Crippen molar-refractivity contribution in [2.45, 2.75) is 32.0 Å². The van der Waals surface area contributed by atoms with Gasteiger partial charge in [0.1, 0.15) is 5.60 Å². The Bertz CT molecular complexity index is 903. The Kier molecular flexibility index (Phi) is 8.99. The van der Waals surface area contributed by atoms with Crippen LogP contribution >= 0.6 is 0 Å². The maximum absolute atomic E-state index is 11.6. The Hall–Kier alpha value is -3.21. The topological polar surface area (TPSA) is 55.8 Å². The SMILES string of the molecule is CCOC(=O)/C=C/[C@H](C)C[C@@H](O)COC(c1ccccc1)(c1ccccc1)c1ccccc1. The summed E-state index contributed by atoms with van der Waals surface area (Å²) in [5.74, 6) is -0.376. The molecule has 3 aromatic rings. The first-order valence-electron chi connectivity index (χ1n) is 11.4. The van der Waals surface area contributed by atoms with Gasteiger partial charge in [0.25, 0.3) is 0 Å². The highest BCUT2D eigenvalue weighted by atomic mass is 16.5. The molecule has 3 rings (SSSR count). The maximum atomic E-state index is 11.6. The van der Waals surface area contributed by atoms with Gasteiger partial charge in [0.05, 0.1) is 19.3 Å². The largest absolute Gasteiger partial charge is 0.463 e. The second-order valence-electron chi connectivity index (χ2n) is 8.07. The second kappa shape index (κ2) is 12.1. The molecular formula is C29H32O4. The van der Waals surface area contributed by atoms with E-state index in [2.05, 4.69) is 36.4 Å². The molecule has 0 saturated heterocycles. The number of aliphatic hydroxyl groups excluding tert-OH is 1. The Labute approximate surface area is 196 Å². The predicted octanol–water partition coefficient (Wildman–Crippen LogP) is 5.50. The van der Waals surface area contributed by atoms with E-state index in [-0.39, 0.29) is 18.5 Å². The number of benzene rings is 3. The summed E-state index contributed by atoms with van der Waals surface area (Å²) in [5, 5.41) is 10.8. The lowest BCUT2D eigenvalue weighted by Crippen LogP contribution is -2.36. The molecule has 0 aliphatic carbocycles. The van der Waals surface area contributed by atoms with E-state index in [0.717, 1.165) is 16.7 Å². The van der Waals surface area contributed by atoms with Gasteiger partial charge in [-0.2, -0.15) is 0 Å². The molecule has 0 unspecified atom stereocenters. The molecule has 0 saturated carbocycles. The highest BCUT2D eigenvalue weighted by Crippen LogP contribution is 2.40. The number of esters is 1. The summed E-state index contributed by atoms with van der Waals surface area (Å²) in [6.45, 7) is 4.21. The van der Waals surface area contributed by atoms with Gasteiger partial charge in [-0.25, -0.2) is 4.79 Å². The standard InChI is InChI=1S/C29H32O4/c1-3-32-28(31)20-19-23(2)21-27(30)22-33-29(24-13-7-4-8-14-24,25-15-9-5-10-16-25)26-17-11-6-12-18-26/h4-20,23,27,30H,3,21-22H2,1-2H3/b20-19+/t23-,27+/m0/s1. The average Bonchev–Trinajstić information content (AvgIpc) is 2.85. The smallest absolute Gasteiger partial charge is 0.330 e. The first-order valence-corrected chi connectivity index (χ1v) is 11.4. The van der Waals surface area contributed by atoms with Crippen LogP contribution in [0.25, 0.3) is 0 Å². The van der Waals surface area contributed by atoms with Gasteiger partial charge in [0, 0.05) is 6.08 Å². The molecule has 0 amide bonds. The van der Waals surface area contributed by atoms with Crippen LogP contribution in [0.1, 0.15) is 37.0 Å². The lowest BCUT2D eigenvalue weighted by molar-refractivity contribution is -0.137. The summed E-state index contributed by atoms with van der Waals surface area (Å²) in [6, 6.07) is 30.3. The van der Waals surface area contributed by atoms with Crippen molar-refractivity contribution in [3.05, 3.63) is 120 Å². The quantitative estimate of drug-likeness (QED) is 0.241. The highest BCUT2D eigenvalue weighted by molar-refractivity contribution is 5.81. The summed E-state index contributed by atoms with van der Waals surface area (Å²) in [4.78, 5) is 11.6. The van der Waals surface area contributed by atoms with Crippen LogP contribution in [0.3, 0.4) is 0 Å². The number of aliphatic hydroxyl groups is 1. The van der Waals surface area contributed by atoms with Crippen molar-refractivity contribution in [3.63, 3.8) is 0 Å². The van der Waals surface area contributed by atoms with Crippen molar-refractivity contribution < 1.29 is 19.4 Å². The first kappa shape index (κ1) is 24.4. The van der Waals surface area contributed by atoms with E-state index in [1.54, 1.807) is 13.0 Å². The summed E-state index contributed by atoms with van der Waals surface area (Å²) >= 11 is 0. The maximum Gasteiger partial charge on any atom is 0.330 e. The molecule has 0 bridgehead atoms. The summed E-state index contributed by atoms with van der Waals surface area (Å²) in [7, 11) is 0. The van der Waals surface area contributed by atoms with Crippen LogP contribution in [0.2, 0.25) is 0 Å². The van der Waals surface area contributed by atoms with Gasteiger partial charge < -0.3 is 14.6 Å². The Balaban J connectivity index is 1.87. The fourth-order valence-electron chi connectivity index (χ4n) is 4.00. The highest BCUT2D eigenvalue weighted by Gasteiger charge is 2.38. The van der Waals surface area contributed by atoms with Crippen molar-refractivity contribution >= 4 is 5.97 Å². The number of hydrogen-bond donors (Lipinski definition) is 1. The average molecular weight is 445 g/mol. The normalized spacial score (nSPS) is 13.5. The molecule has 0 aliphatic rings. The number of rotatable bonds is 11. The summed E-state index contributed by atoms with van der Waals surface area (Å²) in [6.07, 6.45) is 2.94. The zero-order valence-corrected chi connectivity index (χ0v) is 19.3. The summed E-state index contributed by atoms with van der Waals surface area (Å²) in [5.41, 5.74) is 2.11. The fourth-order valence-corrected chi connectivity index (χ4v) is 4.00. The van der Waals surface area contributed by atoms with Crippen molar-refractivity contribution in [3.8, 4) is 0 Å². The number of hydrogen-bond acceptors (Lipinski definition) is 4. The molecule has 4 nitrogen and oxygen atoms in total. The minimum Gasteiger partial charge on any atom is -0.463 e. The van der Waals surface area contributed by atoms with Gasteiger partial charge in [-0.3, -0.25) is 0 Å². The molecule has 1 N–H and O–H groups in total. The van der Waals surface area contributed by atoms with Crippen LogP contribution in [0, 0.1) is 5.92 Å². The molecule has 172 valence electrons. The predicted molar refractivity (Wildman–Crippen MR) is 131 cm³/mol. The zero-order chi connectivity index (χ0) is 23.5. The third-order valence-corrected chi connectivity index (χ3v) is 5.52. The molecule has 3 aromatic carbocycles. The van der Waals surface area contributed by atoms with Gasteiger partial charge >= 0.3 is 5.97 Å². The van der Waals surface area contributed by atoms with E-state index in [4.69, 9.17) is 9.47 Å². The van der Waals surface area contributed by atoms with Crippen LogP contribution in [0.5, 0.6) is 0 Å². The molecule has 33 heavy (non-hydrogen) atoms. The minimum atomic E-state index is -0.866. The number of ether oxygens (including phenoxy) is 2. The van der Waals surface area contributed by atoms with Gasteiger partial charge in [-0.15, -0.1) is 0 Å². The molecule has 0 aromatic heterocycles. The molecule has 0 radical (unpaired) electrons. The zero-order valence-electron chi connectivity index (χ0n) is 19.3. The molecular weight excluding hydrogens is 412 g/mol. The van der Waals surface area contributed by atoms with Crippen LogP contribution in [-0.4, -0.2) is 30.4 Å². The van der Waals surface area contributed by atoms with Crippen LogP contribution < -0.4 is 0 Å². The van der Waals surface area contributed by atoms with Crippen molar-refractivity contribution in [1.82, 2.24) is 0 Å². The Morgan fingerprint density at radius 1 is 0.879 bits per heavy atom. The molecule has 0 spiro atoms. The van der Waals surface area contributed by atoms with E-state index >= 15 is 0 Å². The van der Waals surface area contributed by atoms with Crippen LogP contribution in [0.4, 0.5) is 0 Å². The Morgan fingerprint density at radius 3 is 1.76 bits per heavy atom. The van der Waals surface area contributed by atoms with E-state index in [1.807, 2.05) is 61.5 Å². The van der Waals surface area contributed by atoms with E-state index in [1.165, 1.54) is 6.08 Å². The van der Waals surface area contributed by atoms with Crippen molar-refractivity contribution in [1.29, 1.82) is 0 Å². The second-order valence-corrected chi connectivity index (χ2v) is 8.07. The fraction of sp³-hybridized carbons (Fsp3) is 0.276. The van der Waals surface area contributed by atoms with Gasteiger partial charge in [-0.05, 0) is 36.0 Å². The molecule has 0 aliphatic heterocycles. The number of allylic oxidation sites excluding steroid dienone is 1. The molecule has 0 fully saturated rings. The third-order valence-electron chi connectivity index (χ3n) is 5.52. The monoisotopic (exact) mass is 444 g/mol. The molecule has 0 heterocycles. The van der Waals surface area contributed by atoms with E-state index < -0.39 is 11.7 Å². The Morgan fingerprint density at radius 2 is 1.33 bits per heavy atom. The lowest BCUT2D eigenvalue weighted by atomic mass is 9.80. The van der Waals surface area contributed by atoms with Crippen molar-refractivity contribution in [2.24, 2.45) is 5.92 Å². The van der Waals surface area contributed by atoms with Crippen LogP contribution in [0.15, 0.2) is 103 Å². The van der Waals surface area contributed by atoms with Gasteiger partial charge in [0.2, 0.25) is 0 Å². The van der Waals surface area contributed by atoms with Crippen LogP contribution in [-0.2, 0) is 19.9 Å². The first-order chi connectivity index (χ1) is 16.1. The van der Waals surface area contributed by atoms with E-state index in [0.29, 0.717) is 13.0 Å². The molecule has 2 atom stereocenters. The lowest BCUT2D eigenvalue weighted by Gasteiger charge is -2.36. The van der Waals surface area contributed by atoms with Crippen molar-refractivity contribution in [2.75, 3.05) is 13.2 Å².